The molecule has 0 aliphatic carbocycles. The number of rotatable bonds is 7. The van der Waals surface area contributed by atoms with Crippen molar-refractivity contribution in [2.24, 2.45) is 0 Å². The van der Waals surface area contributed by atoms with Crippen LogP contribution in [0.5, 0.6) is 0 Å². The lowest BCUT2D eigenvalue weighted by Crippen LogP contribution is -2.23. The quantitative estimate of drug-likeness (QED) is 0.809. The van der Waals surface area contributed by atoms with Gasteiger partial charge in [-0.15, -0.1) is 11.3 Å². The maximum atomic E-state index is 12.1. The standard InChI is InChI=1S/C11H17F3N2S/c1-2-6-15-9(10-7-17-8-16-10)4-3-5-11(12,13)14/h7-9,15H,2-6H2,1H3. The van der Waals surface area contributed by atoms with E-state index in [1.165, 1.54) is 11.3 Å². The van der Waals surface area contributed by atoms with E-state index in [9.17, 15) is 13.2 Å². The van der Waals surface area contributed by atoms with Crippen LogP contribution >= 0.6 is 11.3 Å². The Labute approximate surface area is 103 Å². The monoisotopic (exact) mass is 266 g/mol. The van der Waals surface area contributed by atoms with Crippen LogP contribution in [0.2, 0.25) is 0 Å². The molecule has 0 spiro atoms. The van der Waals surface area contributed by atoms with Gasteiger partial charge in [0.1, 0.15) is 0 Å². The molecule has 0 amide bonds. The summed E-state index contributed by atoms with van der Waals surface area (Å²) < 4.78 is 36.2. The number of aromatic nitrogens is 1. The van der Waals surface area contributed by atoms with Gasteiger partial charge < -0.3 is 5.32 Å². The molecule has 0 bridgehead atoms. The lowest BCUT2D eigenvalue weighted by molar-refractivity contribution is -0.135. The van der Waals surface area contributed by atoms with Gasteiger partial charge in [0.25, 0.3) is 0 Å². The largest absolute Gasteiger partial charge is 0.389 e. The Kier molecular flexibility index (Phi) is 5.91. The zero-order valence-corrected chi connectivity index (χ0v) is 10.6. The Bertz CT molecular complexity index is 298. The summed E-state index contributed by atoms with van der Waals surface area (Å²) in [4.78, 5) is 4.16. The maximum Gasteiger partial charge on any atom is 0.389 e. The summed E-state index contributed by atoms with van der Waals surface area (Å²) in [6.07, 6.45) is -3.20. The molecule has 0 aromatic carbocycles. The van der Waals surface area contributed by atoms with E-state index >= 15 is 0 Å². The fourth-order valence-corrected chi connectivity index (χ4v) is 2.18. The van der Waals surface area contributed by atoms with Crippen molar-refractivity contribution in [3.8, 4) is 0 Å². The smallest absolute Gasteiger partial charge is 0.309 e. The van der Waals surface area contributed by atoms with Gasteiger partial charge in [-0.25, -0.2) is 4.98 Å². The van der Waals surface area contributed by atoms with Crippen molar-refractivity contribution in [1.82, 2.24) is 10.3 Å². The van der Waals surface area contributed by atoms with Gasteiger partial charge in [-0.3, -0.25) is 0 Å². The minimum atomic E-state index is -4.06. The van der Waals surface area contributed by atoms with Crippen LogP contribution in [0.25, 0.3) is 0 Å². The Morgan fingerprint density at radius 3 is 2.76 bits per heavy atom. The van der Waals surface area contributed by atoms with E-state index in [0.29, 0.717) is 6.42 Å². The summed E-state index contributed by atoms with van der Waals surface area (Å²) in [6, 6.07) is -0.0523. The number of thiazole rings is 1. The minimum Gasteiger partial charge on any atom is -0.309 e. The fourth-order valence-electron chi connectivity index (χ4n) is 1.57. The maximum absolute atomic E-state index is 12.1. The molecule has 1 N–H and O–H groups in total. The summed E-state index contributed by atoms with van der Waals surface area (Å²) >= 11 is 1.47. The first kappa shape index (κ1) is 14.4. The Hall–Kier alpha value is -0.620. The van der Waals surface area contributed by atoms with Crippen molar-refractivity contribution in [3.05, 3.63) is 16.6 Å². The summed E-state index contributed by atoms with van der Waals surface area (Å²) in [5.74, 6) is 0. The lowest BCUT2D eigenvalue weighted by Gasteiger charge is -2.16. The topological polar surface area (TPSA) is 24.9 Å². The highest BCUT2D eigenvalue weighted by Crippen LogP contribution is 2.26. The van der Waals surface area contributed by atoms with Crippen LogP contribution in [0, 0.1) is 0 Å². The Morgan fingerprint density at radius 2 is 2.24 bits per heavy atom. The third-order valence-corrected chi connectivity index (χ3v) is 3.01. The zero-order chi connectivity index (χ0) is 12.7. The molecule has 17 heavy (non-hydrogen) atoms. The molecule has 1 aromatic heterocycles. The zero-order valence-electron chi connectivity index (χ0n) is 9.76. The summed E-state index contributed by atoms with van der Waals surface area (Å²) in [6.45, 7) is 2.83. The molecule has 1 aromatic rings. The van der Waals surface area contributed by atoms with Crippen LogP contribution in [0.15, 0.2) is 10.9 Å². The van der Waals surface area contributed by atoms with Gasteiger partial charge in [-0.05, 0) is 25.8 Å². The first-order chi connectivity index (χ1) is 8.03. The van der Waals surface area contributed by atoms with Crippen LogP contribution in [0.1, 0.15) is 44.3 Å². The van der Waals surface area contributed by atoms with Crippen LogP contribution in [0.4, 0.5) is 13.2 Å². The van der Waals surface area contributed by atoms with Gasteiger partial charge in [0.15, 0.2) is 0 Å². The molecular formula is C11H17F3N2S. The second kappa shape index (κ2) is 6.96. The van der Waals surface area contributed by atoms with Crippen molar-refractivity contribution < 1.29 is 13.2 Å². The molecule has 1 rings (SSSR count). The third kappa shape index (κ3) is 6.02. The number of hydrogen-bond donors (Lipinski definition) is 1. The number of halogens is 3. The van der Waals surface area contributed by atoms with Gasteiger partial charge in [0.05, 0.1) is 17.2 Å². The second-order valence-electron chi connectivity index (χ2n) is 3.93. The molecule has 98 valence electrons. The molecule has 1 unspecified atom stereocenters. The highest BCUT2D eigenvalue weighted by atomic mass is 32.1. The van der Waals surface area contributed by atoms with Gasteiger partial charge in [0.2, 0.25) is 0 Å². The molecule has 0 fully saturated rings. The van der Waals surface area contributed by atoms with Crippen molar-refractivity contribution in [1.29, 1.82) is 0 Å². The Morgan fingerprint density at radius 1 is 1.47 bits per heavy atom. The highest BCUT2D eigenvalue weighted by molar-refractivity contribution is 7.07. The minimum absolute atomic E-state index is 0.0523. The first-order valence-electron chi connectivity index (χ1n) is 5.71. The summed E-state index contributed by atoms with van der Waals surface area (Å²) in [5, 5.41) is 5.12. The van der Waals surface area contributed by atoms with Crippen LogP contribution in [-0.4, -0.2) is 17.7 Å². The predicted octanol–water partition coefficient (Wildman–Crippen LogP) is 3.92. The number of hydrogen-bond acceptors (Lipinski definition) is 3. The molecular weight excluding hydrogens is 249 g/mol. The molecule has 0 aliphatic heterocycles. The fraction of sp³-hybridized carbons (Fsp3) is 0.727. The van der Waals surface area contributed by atoms with Gasteiger partial charge in [-0.1, -0.05) is 6.92 Å². The summed E-state index contributed by atoms with van der Waals surface area (Å²) in [5.41, 5.74) is 2.56. The molecule has 1 heterocycles. The molecule has 6 heteroatoms. The van der Waals surface area contributed by atoms with E-state index in [2.05, 4.69) is 10.3 Å². The van der Waals surface area contributed by atoms with Crippen molar-refractivity contribution in [3.63, 3.8) is 0 Å². The normalized spacial score (nSPS) is 13.9. The SMILES string of the molecule is CCCNC(CCCC(F)(F)F)c1cscn1. The van der Waals surface area contributed by atoms with Gasteiger partial charge >= 0.3 is 6.18 Å². The van der Waals surface area contributed by atoms with Gasteiger partial charge in [0, 0.05) is 11.8 Å². The molecule has 2 nitrogen and oxygen atoms in total. The number of nitrogens with one attached hydrogen (secondary N) is 1. The van der Waals surface area contributed by atoms with Crippen molar-refractivity contribution >= 4 is 11.3 Å². The number of nitrogens with zero attached hydrogens (tertiary/aromatic N) is 1. The first-order valence-corrected chi connectivity index (χ1v) is 6.65. The third-order valence-electron chi connectivity index (χ3n) is 2.40. The van der Waals surface area contributed by atoms with Gasteiger partial charge in [-0.2, -0.15) is 13.2 Å². The highest BCUT2D eigenvalue weighted by Gasteiger charge is 2.27. The molecule has 0 radical (unpaired) electrons. The summed E-state index contributed by atoms with van der Waals surface area (Å²) in [7, 11) is 0. The van der Waals surface area contributed by atoms with E-state index < -0.39 is 12.6 Å². The average molecular weight is 266 g/mol. The van der Waals surface area contributed by atoms with Crippen LogP contribution < -0.4 is 5.32 Å². The van der Waals surface area contributed by atoms with E-state index in [1.54, 1.807) is 5.51 Å². The predicted molar refractivity (Wildman–Crippen MR) is 63.1 cm³/mol. The van der Waals surface area contributed by atoms with E-state index in [4.69, 9.17) is 0 Å². The molecule has 0 saturated heterocycles. The average Bonchev–Trinajstić information content (AvgIpc) is 2.74. The number of alkyl halides is 3. The molecule has 0 saturated carbocycles. The van der Waals surface area contributed by atoms with E-state index in [1.807, 2.05) is 12.3 Å². The van der Waals surface area contributed by atoms with Crippen molar-refractivity contribution in [2.75, 3.05) is 6.54 Å². The molecule has 0 aliphatic rings. The van der Waals surface area contributed by atoms with Crippen LogP contribution in [-0.2, 0) is 0 Å². The Balaban J connectivity index is 2.42. The molecule has 1 atom stereocenters. The van der Waals surface area contributed by atoms with Crippen molar-refractivity contribution in [2.45, 2.75) is 44.8 Å². The van der Waals surface area contributed by atoms with E-state index in [-0.39, 0.29) is 12.5 Å². The van der Waals surface area contributed by atoms with Crippen LogP contribution in [0.3, 0.4) is 0 Å². The second-order valence-corrected chi connectivity index (χ2v) is 4.65. The van der Waals surface area contributed by atoms with E-state index in [0.717, 1.165) is 18.7 Å². The lowest BCUT2D eigenvalue weighted by atomic mass is 10.1.